The Kier molecular flexibility index (Phi) is 2.86. The number of carbonyl (C=O) groups is 1. The topological polar surface area (TPSA) is 73.6 Å². The molecule has 3 rings (SSSR count). The highest BCUT2D eigenvalue weighted by Crippen LogP contribution is 2.35. The van der Waals surface area contributed by atoms with Gasteiger partial charge < -0.3 is 20.5 Å². The molecule has 3 N–H and O–H groups in total. The lowest BCUT2D eigenvalue weighted by molar-refractivity contribution is -0.123. The molecule has 1 aromatic rings. The summed E-state index contributed by atoms with van der Waals surface area (Å²) in [5.74, 6) is 1.42. The summed E-state index contributed by atoms with van der Waals surface area (Å²) in [6, 6.07) is 5.63. The SMILES string of the molecule is CC(NC(=O)C1(N)CC1)c1ccc2c(c1)OCCO2. The maximum absolute atomic E-state index is 11.9. The zero-order valence-corrected chi connectivity index (χ0v) is 10.9. The Morgan fingerprint density at radius 2 is 2.00 bits per heavy atom. The van der Waals surface area contributed by atoms with Crippen LogP contribution in [-0.4, -0.2) is 24.7 Å². The van der Waals surface area contributed by atoms with Crippen molar-refractivity contribution >= 4 is 5.91 Å². The monoisotopic (exact) mass is 262 g/mol. The second kappa shape index (κ2) is 4.42. The Morgan fingerprint density at radius 1 is 1.32 bits per heavy atom. The molecule has 1 aromatic carbocycles. The molecule has 1 aliphatic heterocycles. The van der Waals surface area contributed by atoms with Crippen molar-refractivity contribution in [3.8, 4) is 11.5 Å². The van der Waals surface area contributed by atoms with Gasteiger partial charge in [-0.3, -0.25) is 4.79 Å². The van der Waals surface area contributed by atoms with Gasteiger partial charge in [-0.2, -0.15) is 0 Å². The van der Waals surface area contributed by atoms with E-state index in [1.807, 2.05) is 25.1 Å². The average Bonchev–Trinajstić information content (AvgIpc) is 3.17. The summed E-state index contributed by atoms with van der Waals surface area (Å²) in [5, 5.41) is 2.95. The third-order valence-corrected chi connectivity index (χ3v) is 3.65. The van der Waals surface area contributed by atoms with Crippen molar-refractivity contribution in [2.45, 2.75) is 31.3 Å². The molecule has 102 valence electrons. The van der Waals surface area contributed by atoms with Gasteiger partial charge in [0.1, 0.15) is 13.2 Å². The van der Waals surface area contributed by atoms with Crippen LogP contribution in [0.15, 0.2) is 18.2 Å². The van der Waals surface area contributed by atoms with Crippen molar-refractivity contribution in [3.05, 3.63) is 23.8 Å². The minimum absolute atomic E-state index is 0.0742. The lowest BCUT2D eigenvalue weighted by Gasteiger charge is -2.21. The van der Waals surface area contributed by atoms with Crippen LogP contribution >= 0.6 is 0 Å². The van der Waals surface area contributed by atoms with Gasteiger partial charge in [-0.05, 0) is 37.5 Å². The number of fused-ring (bicyclic) bond motifs is 1. The zero-order chi connectivity index (χ0) is 13.5. The van der Waals surface area contributed by atoms with E-state index in [4.69, 9.17) is 15.2 Å². The number of rotatable bonds is 3. The molecule has 1 heterocycles. The van der Waals surface area contributed by atoms with E-state index in [-0.39, 0.29) is 11.9 Å². The normalized spacial score (nSPS) is 20.5. The standard InChI is InChI=1S/C14H18N2O3/c1-9(16-13(17)14(15)4-5-14)10-2-3-11-12(8-10)19-7-6-18-11/h2-3,8-9H,4-7,15H2,1H3,(H,16,17). The van der Waals surface area contributed by atoms with Crippen LogP contribution in [0.2, 0.25) is 0 Å². The van der Waals surface area contributed by atoms with Crippen LogP contribution in [0.25, 0.3) is 0 Å². The molecule has 19 heavy (non-hydrogen) atoms. The number of nitrogens with one attached hydrogen (secondary N) is 1. The molecule has 0 radical (unpaired) electrons. The number of carbonyl (C=O) groups excluding carboxylic acids is 1. The fraction of sp³-hybridized carbons (Fsp3) is 0.500. The molecule has 5 nitrogen and oxygen atoms in total. The van der Waals surface area contributed by atoms with Crippen LogP contribution in [0.1, 0.15) is 31.4 Å². The van der Waals surface area contributed by atoms with Crippen LogP contribution in [0.4, 0.5) is 0 Å². The van der Waals surface area contributed by atoms with Gasteiger partial charge in [-0.1, -0.05) is 6.07 Å². The Balaban J connectivity index is 1.72. The first-order chi connectivity index (χ1) is 9.08. The smallest absolute Gasteiger partial charge is 0.240 e. The summed E-state index contributed by atoms with van der Waals surface area (Å²) in [6.07, 6.45) is 1.54. The second-order valence-corrected chi connectivity index (χ2v) is 5.25. The molecule has 5 heteroatoms. The summed E-state index contributed by atoms with van der Waals surface area (Å²) in [7, 11) is 0. The van der Waals surface area contributed by atoms with Gasteiger partial charge in [-0.25, -0.2) is 0 Å². The Labute approximate surface area is 112 Å². The summed E-state index contributed by atoms with van der Waals surface area (Å²) in [6.45, 7) is 3.08. The first-order valence-electron chi connectivity index (χ1n) is 6.58. The maximum Gasteiger partial charge on any atom is 0.240 e. The van der Waals surface area contributed by atoms with E-state index in [0.29, 0.717) is 13.2 Å². The van der Waals surface area contributed by atoms with E-state index >= 15 is 0 Å². The van der Waals surface area contributed by atoms with Crippen molar-refractivity contribution in [2.24, 2.45) is 5.73 Å². The fourth-order valence-corrected chi connectivity index (χ4v) is 2.11. The van der Waals surface area contributed by atoms with Crippen molar-refractivity contribution in [3.63, 3.8) is 0 Å². The zero-order valence-electron chi connectivity index (χ0n) is 10.9. The summed E-state index contributed by atoms with van der Waals surface area (Å²) < 4.78 is 11.0. The Hall–Kier alpha value is -1.75. The number of ether oxygens (including phenoxy) is 2. The van der Waals surface area contributed by atoms with Crippen molar-refractivity contribution < 1.29 is 14.3 Å². The van der Waals surface area contributed by atoms with Gasteiger partial charge >= 0.3 is 0 Å². The molecular formula is C14H18N2O3. The lowest BCUT2D eigenvalue weighted by atomic mass is 10.1. The van der Waals surface area contributed by atoms with E-state index in [0.717, 1.165) is 29.9 Å². The maximum atomic E-state index is 11.9. The van der Waals surface area contributed by atoms with Crippen molar-refractivity contribution in [2.75, 3.05) is 13.2 Å². The molecule has 0 saturated heterocycles. The molecule has 1 fully saturated rings. The molecule has 1 saturated carbocycles. The number of hydrogen-bond acceptors (Lipinski definition) is 4. The molecule has 2 aliphatic rings. The number of hydrogen-bond donors (Lipinski definition) is 2. The van der Waals surface area contributed by atoms with E-state index in [1.54, 1.807) is 0 Å². The molecular weight excluding hydrogens is 244 g/mol. The van der Waals surface area contributed by atoms with Gasteiger partial charge in [-0.15, -0.1) is 0 Å². The summed E-state index contributed by atoms with van der Waals surface area (Å²) >= 11 is 0. The largest absolute Gasteiger partial charge is 0.486 e. The molecule has 0 aromatic heterocycles. The first-order valence-corrected chi connectivity index (χ1v) is 6.58. The highest BCUT2D eigenvalue weighted by atomic mass is 16.6. The number of benzene rings is 1. The number of nitrogens with two attached hydrogens (primary N) is 1. The third-order valence-electron chi connectivity index (χ3n) is 3.65. The van der Waals surface area contributed by atoms with Gasteiger partial charge in [0, 0.05) is 0 Å². The minimum atomic E-state index is -0.637. The predicted molar refractivity (Wildman–Crippen MR) is 70.1 cm³/mol. The van der Waals surface area contributed by atoms with Crippen LogP contribution < -0.4 is 20.5 Å². The van der Waals surface area contributed by atoms with Crippen LogP contribution in [0.5, 0.6) is 11.5 Å². The fourth-order valence-electron chi connectivity index (χ4n) is 2.11. The highest BCUT2D eigenvalue weighted by molar-refractivity contribution is 5.89. The van der Waals surface area contributed by atoms with Crippen LogP contribution in [-0.2, 0) is 4.79 Å². The van der Waals surface area contributed by atoms with Gasteiger partial charge in [0.25, 0.3) is 0 Å². The van der Waals surface area contributed by atoms with Gasteiger partial charge in [0.2, 0.25) is 5.91 Å². The van der Waals surface area contributed by atoms with E-state index in [2.05, 4.69) is 5.32 Å². The molecule has 0 spiro atoms. The number of amides is 1. The Morgan fingerprint density at radius 3 is 2.68 bits per heavy atom. The predicted octanol–water partition coefficient (Wildman–Crippen LogP) is 1.13. The summed E-state index contributed by atoms with van der Waals surface area (Å²) in [5.41, 5.74) is 6.22. The van der Waals surface area contributed by atoms with Crippen LogP contribution in [0, 0.1) is 0 Å². The average molecular weight is 262 g/mol. The third kappa shape index (κ3) is 2.38. The van der Waals surface area contributed by atoms with E-state index in [9.17, 15) is 4.79 Å². The molecule has 1 amide bonds. The molecule has 1 unspecified atom stereocenters. The quantitative estimate of drug-likeness (QED) is 0.856. The van der Waals surface area contributed by atoms with Gasteiger partial charge in [0.05, 0.1) is 11.6 Å². The lowest BCUT2D eigenvalue weighted by Crippen LogP contribution is -2.43. The van der Waals surface area contributed by atoms with Crippen LogP contribution in [0.3, 0.4) is 0 Å². The van der Waals surface area contributed by atoms with Crippen molar-refractivity contribution in [1.29, 1.82) is 0 Å². The Bertz CT molecular complexity index is 511. The van der Waals surface area contributed by atoms with Gasteiger partial charge in [0.15, 0.2) is 11.5 Å². The summed E-state index contributed by atoms with van der Waals surface area (Å²) in [4.78, 5) is 11.9. The van der Waals surface area contributed by atoms with Crippen molar-refractivity contribution in [1.82, 2.24) is 5.32 Å². The van der Waals surface area contributed by atoms with E-state index in [1.165, 1.54) is 0 Å². The van der Waals surface area contributed by atoms with E-state index < -0.39 is 5.54 Å². The minimum Gasteiger partial charge on any atom is -0.486 e. The first kappa shape index (κ1) is 12.3. The second-order valence-electron chi connectivity index (χ2n) is 5.25. The molecule has 0 bridgehead atoms. The molecule has 1 atom stereocenters. The highest BCUT2D eigenvalue weighted by Gasteiger charge is 2.46. The molecule has 1 aliphatic carbocycles.